The lowest BCUT2D eigenvalue weighted by molar-refractivity contribution is -0.0150. The summed E-state index contributed by atoms with van der Waals surface area (Å²) in [7, 11) is 1.86. The van der Waals surface area contributed by atoms with E-state index >= 15 is 0 Å². The van der Waals surface area contributed by atoms with Crippen LogP contribution in [-0.2, 0) is 16.8 Å². The van der Waals surface area contributed by atoms with Gasteiger partial charge in [-0.2, -0.15) is 0 Å². The van der Waals surface area contributed by atoms with E-state index in [0.29, 0.717) is 0 Å². The van der Waals surface area contributed by atoms with Crippen molar-refractivity contribution in [3.05, 3.63) is 66.0 Å². The lowest BCUT2D eigenvalue weighted by atomic mass is 9.80. The number of carbonyl (C=O) groups is 1. The Labute approximate surface area is 168 Å². The molecule has 1 aromatic heterocycles. The predicted molar refractivity (Wildman–Crippen MR) is 111 cm³/mol. The normalized spacial score (nSPS) is 17.1. The molecular formula is C23H31N3O2. The average molecular weight is 382 g/mol. The van der Waals surface area contributed by atoms with Gasteiger partial charge in [-0.25, -0.2) is 4.79 Å². The molecule has 0 radical (unpaired) electrons. The van der Waals surface area contributed by atoms with Gasteiger partial charge in [0, 0.05) is 39.1 Å². The maximum atomic E-state index is 12.9. The highest BCUT2D eigenvalue weighted by atomic mass is 16.6. The van der Waals surface area contributed by atoms with Crippen LogP contribution in [0.3, 0.4) is 0 Å². The fourth-order valence-corrected chi connectivity index (χ4v) is 3.91. The van der Waals surface area contributed by atoms with Gasteiger partial charge >= 0.3 is 6.09 Å². The van der Waals surface area contributed by atoms with E-state index < -0.39 is 5.60 Å². The summed E-state index contributed by atoms with van der Waals surface area (Å²) >= 11 is 0. The van der Waals surface area contributed by atoms with Crippen LogP contribution in [0.1, 0.15) is 44.7 Å². The second-order valence-corrected chi connectivity index (χ2v) is 8.57. The van der Waals surface area contributed by atoms with Crippen LogP contribution in [0.25, 0.3) is 0 Å². The maximum Gasteiger partial charge on any atom is 0.410 e. The molecule has 0 saturated carbocycles. The molecule has 5 nitrogen and oxygen atoms in total. The maximum absolute atomic E-state index is 12.9. The van der Waals surface area contributed by atoms with Crippen LogP contribution in [0.5, 0.6) is 0 Å². The molecule has 1 fully saturated rings. The van der Waals surface area contributed by atoms with Crippen LogP contribution >= 0.6 is 0 Å². The summed E-state index contributed by atoms with van der Waals surface area (Å²) in [5.74, 6) is 0. The number of nitrogens with zero attached hydrogens (tertiary/aromatic N) is 3. The molecule has 0 aliphatic carbocycles. The second kappa shape index (κ2) is 8.31. The topological polar surface area (TPSA) is 45.7 Å². The number of carbonyl (C=O) groups excluding carboxylic acids is 1. The summed E-state index contributed by atoms with van der Waals surface area (Å²) in [5, 5.41) is 0. The third-order valence-corrected chi connectivity index (χ3v) is 5.46. The number of likely N-dealkylation sites (tertiary alicyclic amines) is 1. The third kappa shape index (κ3) is 4.71. The minimum Gasteiger partial charge on any atom is -0.444 e. The lowest BCUT2D eigenvalue weighted by Crippen LogP contribution is -2.54. The fourth-order valence-electron chi connectivity index (χ4n) is 3.91. The van der Waals surface area contributed by atoms with Crippen LogP contribution in [-0.4, -0.2) is 46.6 Å². The number of benzene rings is 1. The molecule has 150 valence electrons. The molecule has 1 amide bonds. The second-order valence-electron chi connectivity index (χ2n) is 8.57. The first kappa shape index (κ1) is 20.3. The highest BCUT2D eigenvalue weighted by Crippen LogP contribution is 2.39. The number of hydrogen-bond acceptors (Lipinski definition) is 4. The van der Waals surface area contributed by atoms with Crippen molar-refractivity contribution in [2.75, 3.05) is 20.1 Å². The zero-order valence-corrected chi connectivity index (χ0v) is 17.4. The molecule has 5 heteroatoms. The van der Waals surface area contributed by atoms with Crippen molar-refractivity contribution < 1.29 is 9.53 Å². The van der Waals surface area contributed by atoms with E-state index in [2.05, 4.69) is 34.1 Å². The zero-order chi connectivity index (χ0) is 20.2. The number of rotatable bonds is 4. The van der Waals surface area contributed by atoms with Gasteiger partial charge in [-0.1, -0.05) is 30.3 Å². The van der Waals surface area contributed by atoms with Crippen molar-refractivity contribution >= 4 is 6.09 Å². The molecule has 1 saturated heterocycles. The van der Waals surface area contributed by atoms with E-state index in [1.54, 1.807) is 17.3 Å². The Morgan fingerprint density at radius 1 is 1.11 bits per heavy atom. The first-order chi connectivity index (χ1) is 13.3. The summed E-state index contributed by atoms with van der Waals surface area (Å²) in [5.41, 5.74) is 1.55. The number of hydrogen-bond donors (Lipinski definition) is 0. The van der Waals surface area contributed by atoms with Gasteiger partial charge in [0.1, 0.15) is 5.60 Å². The van der Waals surface area contributed by atoms with Crippen molar-refractivity contribution in [1.29, 1.82) is 0 Å². The van der Waals surface area contributed by atoms with Crippen LogP contribution in [0.4, 0.5) is 4.79 Å². The van der Waals surface area contributed by atoms with Gasteiger partial charge in [-0.3, -0.25) is 9.88 Å². The number of amides is 1. The van der Waals surface area contributed by atoms with Gasteiger partial charge in [0.2, 0.25) is 0 Å². The number of piperidine rings is 1. The average Bonchev–Trinajstić information content (AvgIpc) is 2.68. The van der Waals surface area contributed by atoms with Gasteiger partial charge in [0.15, 0.2) is 0 Å². The van der Waals surface area contributed by atoms with Crippen molar-refractivity contribution in [3.63, 3.8) is 0 Å². The molecule has 1 aliphatic heterocycles. The van der Waals surface area contributed by atoms with E-state index in [-0.39, 0.29) is 11.6 Å². The summed E-state index contributed by atoms with van der Waals surface area (Å²) < 4.78 is 5.68. The molecule has 1 aliphatic rings. The quantitative estimate of drug-likeness (QED) is 0.785. The SMILES string of the molecule is CN(C(=O)OC(C)(C)C)C1(c2ccncc2)CCN(Cc2ccccc2)CC1. The first-order valence-electron chi connectivity index (χ1n) is 9.94. The Morgan fingerprint density at radius 2 is 1.71 bits per heavy atom. The van der Waals surface area contributed by atoms with Gasteiger partial charge in [-0.05, 0) is 56.9 Å². The Kier molecular flexibility index (Phi) is 6.04. The molecule has 3 rings (SSSR count). The molecule has 28 heavy (non-hydrogen) atoms. The molecule has 2 aromatic rings. The highest BCUT2D eigenvalue weighted by Gasteiger charge is 2.43. The summed E-state index contributed by atoms with van der Waals surface area (Å²) in [6.07, 6.45) is 5.05. The highest BCUT2D eigenvalue weighted by molar-refractivity contribution is 5.69. The van der Waals surface area contributed by atoms with Crippen LogP contribution in [0.2, 0.25) is 0 Å². The smallest absolute Gasteiger partial charge is 0.410 e. The van der Waals surface area contributed by atoms with E-state index in [9.17, 15) is 4.79 Å². The van der Waals surface area contributed by atoms with Gasteiger partial charge < -0.3 is 9.64 Å². The largest absolute Gasteiger partial charge is 0.444 e. The van der Waals surface area contributed by atoms with Crippen LogP contribution < -0.4 is 0 Å². The van der Waals surface area contributed by atoms with Gasteiger partial charge in [0.05, 0.1) is 5.54 Å². The van der Waals surface area contributed by atoms with Crippen molar-refractivity contribution in [1.82, 2.24) is 14.8 Å². The Hall–Kier alpha value is -2.40. The summed E-state index contributed by atoms with van der Waals surface area (Å²) in [6, 6.07) is 14.6. The minimum atomic E-state index is -0.515. The van der Waals surface area contributed by atoms with E-state index in [1.165, 1.54) is 5.56 Å². The Balaban J connectivity index is 1.79. The molecule has 0 atom stereocenters. The number of pyridine rings is 1. The molecular weight excluding hydrogens is 350 g/mol. The first-order valence-corrected chi connectivity index (χ1v) is 9.94. The molecule has 0 unspecified atom stereocenters. The van der Waals surface area contributed by atoms with Gasteiger partial charge in [-0.15, -0.1) is 0 Å². The Morgan fingerprint density at radius 3 is 2.29 bits per heavy atom. The van der Waals surface area contributed by atoms with E-state index in [1.807, 2.05) is 46.0 Å². The number of aromatic nitrogens is 1. The van der Waals surface area contributed by atoms with Crippen molar-refractivity contribution in [2.45, 2.75) is 51.3 Å². The lowest BCUT2D eigenvalue weighted by Gasteiger charge is -2.47. The zero-order valence-electron chi connectivity index (χ0n) is 17.4. The monoisotopic (exact) mass is 381 g/mol. The van der Waals surface area contributed by atoms with Crippen LogP contribution in [0.15, 0.2) is 54.9 Å². The molecule has 1 aromatic carbocycles. The number of ether oxygens (including phenoxy) is 1. The van der Waals surface area contributed by atoms with Crippen molar-refractivity contribution in [2.24, 2.45) is 0 Å². The predicted octanol–water partition coefficient (Wildman–Crippen LogP) is 4.44. The fraction of sp³-hybridized carbons (Fsp3) is 0.478. The van der Waals surface area contributed by atoms with Crippen LogP contribution in [0, 0.1) is 0 Å². The molecule has 2 heterocycles. The summed E-state index contributed by atoms with van der Waals surface area (Å²) in [4.78, 5) is 21.3. The minimum absolute atomic E-state index is 0.277. The molecule has 0 N–H and O–H groups in total. The van der Waals surface area contributed by atoms with Gasteiger partial charge in [0.25, 0.3) is 0 Å². The van der Waals surface area contributed by atoms with Crippen molar-refractivity contribution in [3.8, 4) is 0 Å². The molecule has 0 bridgehead atoms. The van der Waals surface area contributed by atoms with E-state index in [4.69, 9.17) is 4.74 Å². The molecule has 0 spiro atoms. The Bertz CT molecular complexity index is 763. The summed E-state index contributed by atoms with van der Waals surface area (Å²) in [6.45, 7) is 8.49. The van der Waals surface area contributed by atoms with E-state index in [0.717, 1.165) is 38.0 Å². The standard InChI is InChI=1S/C23H31N3O2/c1-22(2,3)28-21(27)25(4)23(20-10-14-24-15-11-20)12-16-26(17-13-23)18-19-8-6-5-7-9-19/h5-11,14-15H,12-13,16-18H2,1-4H3. The third-order valence-electron chi connectivity index (χ3n) is 5.46.